The third-order valence-electron chi connectivity index (χ3n) is 3.35. The van der Waals surface area contributed by atoms with E-state index in [1.807, 2.05) is 37.3 Å². The van der Waals surface area contributed by atoms with Crippen molar-refractivity contribution < 1.29 is 0 Å². The lowest BCUT2D eigenvalue weighted by Gasteiger charge is -1.99. The molecule has 0 aliphatic rings. The molecule has 6 nitrogen and oxygen atoms in total. The van der Waals surface area contributed by atoms with E-state index in [9.17, 15) is 9.59 Å². The monoisotopic (exact) mass is 270 g/mol. The Balaban J connectivity index is 2.49. The van der Waals surface area contributed by atoms with Crippen LogP contribution < -0.4 is 11.2 Å². The molecule has 0 aliphatic heterocycles. The normalized spacial score (nSPS) is 11.1. The molecule has 20 heavy (non-hydrogen) atoms. The lowest BCUT2D eigenvalue weighted by atomic mass is 10.1. The summed E-state index contributed by atoms with van der Waals surface area (Å²) in [7, 11) is 1.46. The van der Waals surface area contributed by atoms with Crippen LogP contribution in [-0.4, -0.2) is 19.3 Å². The summed E-state index contributed by atoms with van der Waals surface area (Å²) in [5.41, 5.74) is 1.16. The standard InChI is InChI=1S/C14H14N4O2/c1-3-18-12-10(13(19)17(2)14(20)15-12)11(16-18)9-7-5-4-6-8-9/h4-8H,3H2,1-2H3,(H,15,20). The Kier molecular flexibility index (Phi) is 2.78. The number of aryl methyl sites for hydroxylation is 1. The Morgan fingerprint density at radius 3 is 2.55 bits per heavy atom. The Hall–Kier alpha value is -2.63. The molecule has 3 aromatic rings. The molecule has 6 heteroatoms. The second kappa shape index (κ2) is 4.48. The Labute approximate surface area is 114 Å². The third kappa shape index (κ3) is 1.69. The van der Waals surface area contributed by atoms with Gasteiger partial charge in [0.2, 0.25) is 0 Å². The Bertz CT molecular complexity index is 887. The molecule has 0 atom stereocenters. The van der Waals surface area contributed by atoms with Gasteiger partial charge in [-0.2, -0.15) is 5.10 Å². The van der Waals surface area contributed by atoms with Crippen molar-refractivity contribution in [3.05, 3.63) is 51.2 Å². The van der Waals surface area contributed by atoms with E-state index in [-0.39, 0.29) is 5.56 Å². The van der Waals surface area contributed by atoms with Gasteiger partial charge in [0.05, 0.1) is 0 Å². The highest BCUT2D eigenvalue weighted by molar-refractivity contribution is 5.90. The molecule has 0 radical (unpaired) electrons. The molecule has 0 unspecified atom stereocenters. The number of nitrogens with one attached hydrogen (secondary N) is 1. The number of fused-ring (bicyclic) bond motifs is 1. The van der Waals surface area contributed by atoms with Crippen molar-refractivity contribution in [1.82, 2.24) is 19.3 Å². The maximum absolute atomic E-state index is 12.4. The van der Waals surface area contributed by atoms with E-state index in [0.717, 1.165) is 10.1 Å². The summed E-state index contributed by atoms with van der Waals surface area (Å²) >= 11 is 0. The molecule has 0 amide bonds. The average Bonchev–Trinajstić information content (AvgIpc) is 2.84. The van der Waals surface area contributed by atoms with E-state index in [2.05, 4.69) is 10.1 Å². The molecule has 0 aliphatic carbocycles. The largest absolute Gasteiger partial charge is 0.329 e. The van der Waals surface area contributed by atoms with Crippen LogP contribution in [0.2, 0.25) is 0 Å². The van der Waals surface area contributed by atoms with E-state index < -0.39 is 5.69 Å². The SMILES string of the molecule is CCn1nc(-c2ccccc2)c2c(=O)n(C)c(=O)[nH]c21. The van der Waals surface area contributed by atoms with Crippen LogP contribution in [0.3, 0.4) is 0 Å². The van der Waals surface area contributed by atoms with Crippen molar-refractivity contribution in [1.29, 1.82) is 0 Å². The number of hydrogen-bond donors (Lipinski definition) is 1. The minimum Gasteiger partial charge on any atom is -0.291 e. The molecule has 102 valence electrons. The van der Waals surface area contributed by atoms with Gasteiger partial charge < -0.3 is 0 Å². The average molecular weight is 270 g/mol. The first-order valence-corrected chi connectivity index (χ1v) is 6.38. The van der Waals surface area contributed by atoms with Gasteiger partial charge in [0.15, 0.2) is 0 Å². The first-order valence-electron chi connectivity index (χ1n) is 6.38. The van der Waals surface area contributed by atoms with E-state index in [1.54, 1.807) is 4.68 Å². The van der Waals surface area contributed by atoms with E-state index in [4.69, 9.17) is 0 Å². The van der Waals surface area contributed by atoms with Crippen LogP contribution in [-0.2, 0) is 13.6 Å². The highest BCUT2D eigenvalue weighted by atomic mass is 16.2. The maximum Gasteiger partial charge on any atom is 0.329 e. The van der Waals surface area contributed by atoms with E-state index in [1.165, 1.54) is 7.05 Å². The van der Waals surface area contributed by atoms with Crippen LogP contribution in [0.4, 0.5) is 0 Å². The number of hydrogen-bond acceptors (Lipinski definition) is 3. The molecule has 0 saturated carbocycles. The molecular formula is C14H14N4O2. The summed E-state index contributed by atoms with van der Waals surface area (Å²) in [6.45, 7) is 2.49. The fourth-order valence-corrected chi connectivity index (χ4v) is 2.26. The van der Waals surface area contributed by atoms with Gasteiger partial charge in [0.25, 0.3) is 5.56 Å². The predicted molar refractivity (Wildman–Crippen MR) is 76.7 cm³/mol. The fourth-order valence-electron chi connectivity index (χ4n) is 2.26. The van der Waals surface area contributed by atoms with Crippen molar-refractivity contribution in [2.75, 3.05) is 0 Å². The number of aromatic amines is 1. The summed E-state index contributed by atoms with van der Waals surface area (Å²) < 4.78 is 2.71. The number of rotatable bonds is 2. The van der Waals surface area contributed by atoms with Crippen molar-refractivity contribution in [3.8, 4) is 11.3 Å². The zero-order chi connectivity index (χ0) is 14.3. The molecule has 0 fully saturated rings. The van der Waals surface area contributed by atoms with Gasteiger partial charge in [0.1, 0.15) is 16.7 Å². The summed E-state index contributed by atoms with van der Waals surface area (Å²) in [6.07, 6.45) is 0. The minimum absolute atomic E-state index is 0.331. The van der Waals surface area contributed by atoms with E-state index in [0.29, 0.717) is 23.3 Å². The lowest BCUT2D eigenvalue weighted by Crippen LogP contribution is -2.32. The molecule has 0 saturated heterocycles. The van der Waals surface area contributed by atoms with Gasteiger partial charge >= 0.3 is 5.69 Å². The van der Waals surface area contributed by atoms with Gasteiger partial charge in [-0.1, -0.05) is 30.3 Å². The van der Waals surface area contributed by atoms with Gasteiger partial charge in [-0.15, -0.1) is 0 Å². The second-order valence-electron chi connectivity index (χ2n) is 4.55. The molecule has 1 aromatic carbocycles. The second-order valence-corrected chi connectivity index (χ2v) is 4.55. The highest BCUT2D eigenvalue weighted by Crippen LogP contribution is 2.23. The number of H-pyrrole nitrogens is 1. The summed E-state index contributed by atoms with van der Waals surface area (Å²) in [6, 6.07) is 9.48. The first-order chi connectivity index (χ1) is 9.63. The number of nitrogens with zero attached hydrogens (tertiary/aromatic N) is 3. The molecular weight excluding hydrogens is 256 g/mol. The predicted octanol–water partition coefficient (Wildman–Crippen LogP) is 1.11. The van der Waals surface area contributed by atoms with Crippen LogP contribution in [0.15, 0.2) is 39.9 Å². The van der Waals surface area contributed by atoms with Gasteiger partial charge in [-0.3, -0.25) is 14.3 Å². The van der Waals surface area contributed by atoms with Crippen molar-refractivity contribution in [3.63, 3.8) is 0 Å². The fraction of sp³-hybridized carbons (Fsp3) is 0.214. The van der Waals surface area contributed by atoms with Crippen LogP contribution in [0.5, 0.6) is 0 Å². The maximum atomic E-state index is 12.4. The summed E-state index contributed by atoms with van der Waals surface area (Å²) in [5, 5.41) is 4.90. The van der Waals surface area contributed by atoms with Gasteiger partial charge in [0, 0.05) is 19.2 Å². The molecule has 2 aromatic heterocycles. The van der Waals surface area contributed by atoms with Gasteiger partial charge in [-0.25, -0.2) is 9.48 Å². The van der Waals surface area contributed by atoms with Crippen LogP contribution in [0.25, 0.3) is 22.3 Å². The Morgan fingerprint density at radius 1 is 1.20 bits per heavy atom. The quantitative estimate of drug-likeness (QED) is 0.758. The molecule has 0 spiro atoms. The van der Waals surface area contributed by atoms with E-state index >= 15 is 0 Å². The third-order valence-corrected chi connectivity index (χ3v) is 3.35. The highest BCUT2D eigenvalue weighted by Gasteiger charge is 2.17. The van der Waals surface area contributed by atoms with Gasteiger partial charge in [-0.05, 0) is 6.92 Å². The zero-order valence-electron chi connectivity index (χ0n) is 11.3. The summed E-state index contributed by atoms with van der Waals surface area (Å²) in [5.74, 6) is 0. The molecule has 3 rings (SSSR count). The van der Waals surface area contributed by atoms with Crippen LogP contribution >= 0.6 is 0 Å². The Morgan fingerprint density at radius 2 is 1.90 bits per heavy atom. The minimum atomic E-state index is -0.434. The van der Waals surface area contributed by atoms with Crippen molar-refractivity contribution in [2.45, 2.75) is 13.5 Å². The van der Waals surface area contributed by atoms with Crippen LogP contribution in [0.1, 0.15) is 6.92 Å². The molecule has 1 N–H and O–H groups in total. The zero-order valence-corrected chi connectivity index (χ0v) is 11.3. The first kappa shape index (κ1) is 12.4. The smallest absolute Gasteiger partial charge is 0.291 e. The van der Waals surface area contributed by atoms with Crippen molar-refractivity contribution in [2.24, 2.45) is 7.05 Å². The molecule has 2 heterocycles. The lowest BCUT2D eigenvalue weighted by molar-refractivity contribution is 0.673. The van der Waals surface area contributed by atoms with Crippen LogP contribution in [0, 0.1) is 0 Å². The summed E-state index contributed by atoms with van der Waals surface area (Å²) in [4.78, 5) is 26.8. The molecule has 0 bridgehead atoms. The number of benzene rings is 1. The van der Waals surface area contributed by atoms with Crippen molar-refractivity contribution >= 4 is 11.0 Å². The topological polar surface area (TPSA) is 72.7 Å². The number of aromatic nitrogens is 4.